The van der Waals surface area contributed by atoms with Crippen molar-refractivity contribution in [2.45, 2.75) is 69.3 Å². The van der Waals surface area contributed by atoms with Crippen LogP contribution in [0.3, 0.4) is 0 Å². The van der Waals surface area contributed by atoms with E-state index in [9.17, 15) is 18.3 Å². The number of nitrogens with zero attached hydrogens (tertiary/aromatic N) is 1. The molecule has 1 N–H and O–H groups in total. The molecule has 0 aromatic rings. The number of carbonyl (C=O) groups is 1. The lowest BCUT2D eigenvalue weighted by molar-refractivity contribution is -0.141. The fourth-order valence-corrected chi connectivity index (χ4v) is 5.69. The van der Waals surface area contributed by atoms with Crippen LogP contribution in [0.4, 0.5) is 0 Å². The zero-order valence-electron chi connectivity index (χ0n) is 14.2. The first-order valence-electron chi connectivity index (χ1n) is 8.64. The van der Waals surface area contributed by atoms with Gasteiger partial charge in [0.05, 0.1) is 30.4 Å². The van der Waals surface area contributed by atoms with Crippen molar-refractivity contribution in [3.63, 3.8) is 0 Å². The molecule has 0 radical (unpaired) electrons. The first-order valence-corrected chi connectivity index (χ1v) is 10.4. The Kier molecular flexibility index (Phi) is 6.08. The third-order valence-corrected chi connectivity index (χ3v) is 7.10. The molecule has 2 heterocycles. The molecule has 1 amide bonds. The van der Waals surface area contributed by atoms with Crippen LogP contribution in [0, 0.1) is 0 Å². The number of rotatable bonds is 6. The highest BCUT2D eigenvalue weighted by molar-refractivity contribution is 7.92. The van der Waals surface area contributed by atoms with Gasteiger partial charge in [-0.05, 0) is 19.3 Å². The standard InChI is InChI=1S/C16H29NO5S/c1-3-6-16(19,7-4-2)11-15(18)17-8-10-23(20,21)14-12-22-9-5-13(14)17/h13-14,19H,3-12H2,1-2H3/t13-,14-/m0/s1. The third kappa shape index (κ3) is 4.25. The lowest BCUT2D eigenvalue weighted by Crippen LogP contribution is -2.60. The maximum absolute atomic E-state index is 12.8. The maximum atomic E-state index is 12.8. The smallest absolute Gasteiger partial charge is 0.225 e. The molecule has 0 unspecified atom stereocenters. The largest absolute Gasteiger partial charge is 0.389 e. The van der Waals surface area contributed by atoms with Crippen LogP contribution in [0.1, 0.15) is 52.4 Å². The normalized spacial score (nSPS) is 27.5. The van der Waals surface area contributed by atoms with Crippen molar-refractivity contribution >= 4 is 15.7 Å². The molecule has 0 aliphatic carbocycles. The van der Waals surface area contributed by atoms with E-state index in [2.05, 4.69) is 0 Å². The van der Waals surface area contributed by atoms with Crippen molar-refractivity contribution in [3.8, 4) is 0 Å². The summed E-state index contributed by atoms with van der Waals surface area (Å²) in [6, 6.07) is -0.303. The second-order valence-electron chi connectivity index (χ2n) is 6.82. The van der Waals surface area contributed by atoms with Crippen molar-refractivity contribution in [2.75, 3.05) is 25.5 Å². The molecule has 2 saturated heterocycles. The van der Waals surface area contributed by atoms with Gasteiger partial charge in [-0.1, -0.05) is 26.7 Å². The second kappa shape index (κ2) is 7.49. The molecule has 0 saturated carbocycles. The SMILES string of the molecule is CCCC(O)(CCC)CC(=O)N1CCS(=O)(=O)[C@H]2COCC[C@@H]21. The Morgan fingerprint density at radius 1 is 1.30 bits per heavy atom. The molecule has 23 heavy (non-hydrogen) atoms. The van der Waals surface area contributed by atoms with Crippen LogP contribution >= 0.6 is 0 Å². The molecule has 2 aliphatic rings. The number of aliphatic hydroxyl groups is 1. The first-order chi connectivity index (χ1) is 10.8. The van der Waals surface area contributed by atoms with Crippen LogP contribution < -0.4 is 0 Å². The molecule has 0 bridgehead atoms. The summed E-state index contributed by atoms with van der Waals surface area (Å²) in [5, 5.41) is 10.1. The zero-order chi connectivity index (χ0) is 17.1. The monoisotopic (exact) mass is 347 g/mol. The average molecular weight is 347 g/mol. The number of hydrogen-bond acceptors (Lipinski definition) is 5. The summed E-state index contributed by atoms with van der Waals surface area (Å²) in [5.74, 6) is -0.135. The highest BCUT2D eigenvalue weighted by Crippen LogP contribution is 2.30. The van der Waals surface area contributed by atoms with Gasteiger partial charge in [-0.3, -0.25) is 4.79 Å². The van der Waals surface area contributed by atoms with E-state index in [1.54, 1.807) is 4.90 Å². The van der Waals surface area contributed by atoms with Gasteiger partial charge >= 0.3 is 0 Å². The number of ether oxygens (including phenoxy) is 1. The van der Waals surface area contributed by atoms with Crippen molar-refractivity contribution in [1.82, 2.24) is 4.90 Å². The Bertz CT molecular complexity index is 513. The average Bonchev–Trinajstić information content (AvgIpc) is 2.47. The minimum atomic E-state index is -3.20. The molecule has 0 aromatic heterocycles. The Labute approximate surface area is 139 Å². The molecule has 6 nitrogen and oxygen atoms in total. The highest BCUT2D eigenvalue weighted by Gasteiger charge is 2.46. The van der Waals surface area contributed by atoms with Crippen LogP contribution in [0.15, 0.2) is 0 Å². The van der Waals surface area contributed by atoms with Crippen molar-refractivity contribution in [2.24, 2.45) is 0 Å². The summed E-state index contributed by atoms with van der Waals surface area (Å²) in [4.78, 5) is 14.4. The summed E-state index contributed by atoms with van der Waals surface area (Å²) in [6.07, 6.45) is 3.45. The topological polar surface area (TPSA) is 83.9 Å². The van der Waals surface area contributed by atoms with Crippen LogP contribution in [0.25, 0.3) is 0 Å². The summed E-state index contributed by atoms with van der Waals surface area (Å²) in [5.41, 5.74) is -0.975. The van der Waals surface area contributed by atoms with Crippen LogP contribution in [0.5, 0.6) is 0 Å². The molecule has 134 valence electrons. The lowest BCUT2D eigenvalue weighted by Gasteiger charge is -2.44. The molecule has 0 spiro atoms. The van der Waals surface area contributed by atoms with E-state index in [4.69, 9.17) is 4.74 Å². The molecule has 2 atom stereocenters. The number of hydrogen-bond donors (Lipinski definition) is 1. The van der Waals surface area contributed by atoms with Crippen LogP contribution in [0.2, 0.25) is 0 Å². The fourth-order valence-electron chi connectivity index (χ4n) is 3.87. The van der Waals surface area contributed by atoms with Gasteiger partial charge in [-0.15, -0.1) is 0 Å². The predicted octanol–water partition coefficient (Wildman–Crippen LogP) is 1.12. The van der Waals surface area contributed by atoms with Gasteiger partial charge in [-0.2, -0.15) is 0 Å². The van der Waals surface area contributed by atoms with E-state index in [0.29, 0.717) is 25.9 Å². The van der Waals surface area contributed by atoms with E-state index < -0.39 is 20.7 Å². The molecule has 0 aromatic carbocycles. The molecule has 2 aliphatic heterocycles. The minimum Gasteiger partial charge on any atom is -0.389 e. The van der Waals surface area contributed by atoms with E-state index in [1.807, 2.05) is 13.8 Å². The van der Waals surface area contributed by atoms with Gasteiger partial charge in [0.25, 0.3) is 0 Å². The predicted molar refractivity (Wildman–Crippen MR) is 87.9 cm³/mol. The summed E-state index contributed by atoms with van der Waals surface area (Å²) in [7, 11) is -3.20. The van der Waals surface area contributed by atoms with Gasteiger partial charge in [0.1, 0.15) is 5.25 Å². The Morgan fingerprint density at radius 3 is 2.57 bits per heavy atom. The van der Waals surface area contributed by atoms with Gasteiger partial charge in [-0.25, -0.2) is 8.42 Å². The van der Waals surface area contributed by atoms with Gasteiger partial charge in [0, 0.05) is 13.2 Å². The lowest BCUT2D eigenvalue weighted by atomic mass is 9.88. The number of amides is 1. The van der Waals surface area contributed by atoms with E-state index >= 15 is 0 Å². The highest BCUT2D eigenvalue weighted by atomic mass is 32.2. The summed E-state index contributed by atoms with van der Waals surface area (Å²) >= 11 is 0. The Hall–Kier alpha value is -0.660. The Morgan fingerprint density at radius 2 is 1.96 bits per heavy atom. The second-order valence-corrected chi connectivity index (χ2v) is 9.16. The summed E-state index contributed by atoms with van der Waals surface area (Å²) < 4.78 is 29.7. The first kappa shape index (κ1) is 18.7. The van der Waals surface area contributed by atoms with Gasteiger partial charge in [0.2, 0.25) is 5.91 Å². The quantitative estimate of drug-likeness (QED) is 0.778. The van der Waals surface area contributed by atoms with E-state index in [-0.39, 0.29) is 37.3 Å². The third-order valence-electron chi connectivity index (χ3n) is 4.98. The number of carbonyl (C=O) groups excluding carboxylic acids is 1. The summed E-state index contributed by atoms with van der Waals surface area (Å²) in [6.45, 7) is 4.87. The fraction of sp³-hybridized carbons (Fsp3) is 0.938. The molecular formula is C16H29NO5S. The van der Waals surface area contributed by atoms with Crippen LogP contribution in [-0.4, -0.2) is 66.7 Å². The molecule has 2 fully saturated rings. The van der Waals surface area contributed by atoms with Crippen molar-refractivity contribution in [1.29, 1.82) is 0 Å². The van der Waals surface area contributed by atoms with Gasteiger partial charge in [0.15, 0.2) is 9.84 Å². The zero-order valence-corrected chi connectivity index (χ0v) is 15.0. The Balaban J connectivity index is 2.12. The van der Waals surface area contributed by atoms with Crippen LogP contribution in [-0.2, 0) is 19.4 Å². The minimum absolute atomic E-state index is 0.0107. The van der Waals surface area contributed by atoms with Gasteiger partial charge < -0.3 is 14.7 Å². The number of fused-ring (bicyclic) bond motifs is 1. The number of sulfone groups is 1. The van der Waals surface area contributed by atoms with E-state index in [1.165, 1.54) is 0 Å². The molecule has 7 heteroatoms. The molecular weight excluding hydrogens is 318 g/mol. The molecule has 2 rings (SSSR count). The van der Waals surface area contributed by atoms with Crippen molar-refractivity contribution < 1.29 is 23.1 Å². The maximum Gasteiger partial charge on any atom is 0.225 e. The van der Waals surface area contributed by atoms with Crippen molar-refractivity contribution in [3.05, 3.63) is 0 Å². The van der Waals surface area contributed by atoms with E-state index in [0.717, 1.165) is 12.8 Å².